The minimum Gasteiger partial charge on any atom is -0.396 e. The number of alkyl halides is 1. The van der Waals surface area contributed by atoms with Crippen LogP contribution >= 0.6 is 11.6 Å². The lowest BCUT2D eigenvalue weighted by atomic mass is 10.0. The van der Waals surface area contributed by atoms with Crippen LogP contribution in [0.2, 0.25) is 0 Å². The SMILES string of the molecule is CC(C)C(CCO)NC(=O)CCCl. The van der Waals surface area contributed by atoms with Crippen LogP contribution in [0.4, 0.5) is 0 Å². The molecular formula is C9H18ClNO2. The number of hydrogen-bond donors (Lipinski definition) is 2. The number of rotatable bonds is 6. The summed E-state index contributed by atoms with van der Waals surface area (Å²) >= 11 is 5.43. The zero-order chi connectivity index (χ0) is 10.3. The third-order valence-electron chi connectivity index (χ3n) is 1.91. The van der Waals surface area contributed by atoms with Gasteiger partial charge in [-0.05, 0) is 12.3 Å². The number of carbonyl (C=O) groups excluding carboxylic acids is 1. The molecule has 0 bridgehead atoms. The average Bonchev–Trinajstić information content (AvgIpc) is 2.04. The first-order chi connectivity index (χ1) is 6.11. The molecule has 13 heavy (non-hydrogen) atoms. The van der Waals surface area contributed by atoms with Gasteiger partial charge in [0.1, 0.15) is 0 Å². The largest absolute Gasteiger partial charge is 0.396 e. The number of halogens is 1. The maximum atomic E-state index is 11.2. The van der Waals surface area contributed by atoms with Crippen molar-refractivity contribution in [2.24, 2.45) is 5.92 Å². The van der Waals surface area contributed by atoms with Gasteiger partial charge in [0.15, 0.2) is 0 Å². The lowest BCUT2D eigenvalue weighted by Gasteiger charge is -2.21. The maximum Gasteiger partial charge on any atom is 0.221 e. The van der Waals surface area contributed by atoms with Crippen molar-refractivity contribution >= 4 is 17.5 Å². The summed E-state index contributed by atoms with van der Waals surface area (Å²) in [5.74, 6) is 0.643. The van der Waals surface area contributed by atoms with Crippen molar-refractivity contribution in [2.75, 3.05) is 12.5 Å². The van der Waals surface area contributed by atoms with E-state index in [0.717, 1.165) is 0 Å². The molecule has 0 aliphatic rings. The summed E-state index contributed by atoms with van der Waals surface area (Å²) in [5.41, 5.74) is 0. The summed E-state index contributed by atoms with van der Waals surface area (Å²) in [4.78, 5) is 11.2. The summed E-state index contributed by atoms with van der Waals surface area (Å²) in [7, 11) is 0. The van der Waals surface area contributed by atoms with E-state index in [0.29, 0.717) is 24.6 Å². The lowest BCUT2D eigenvalue weighted by Crippen LogP contribution is -2.39. The van der Waals surface area contributed by atoms with E-state index >= 15 is 0 Å². The van der Waals surface area contributed by atoms with Crippen LogP contribution < -0.4 is 5.32 Å². The number of aliphatic hydroxyl groups excluding tert-OH is 1. The van der Waals surface area contributed by atoms with Crippen LogP contribution in [0.25, 0.3) is 0 Å². The molecule has 78 valence electrons. The molecular weight excluding hydrogens is 190 g/mol. The molecule has 0 aromatic heterocycles. The Labute approximate surface area is 84.5 Å². The highest BCUT2D eigenvalue weighted by Gasteiger charge is 2.14. The van der Waals surface area contributed by atoms with Gasteiger partial charge in [-0.3, -0.25) is 4.79 Å². The van der Waals surface area contributed by atoms with Gasteiger partial charge in [-0.1, -0.05) is 13.8 Å². The molecule has 0 spiro atoms. The van der Waals surface area contributed by atoms with Gasteiger partial charge in [-0.2, -0.15) is 0 Å². The smallest absolute Gasteiger partial charge is 0.221 e. The van der Waals surface area contributed by atoms with Crippen LogP contribution in [0.1, 0.15) is 26.7 Å². The van der Waals surface area contributed by atoms with Gasteiger partial charge >= 0.3 is 0 Å². The van der Waals surface area contributed by atoms with E-state index in [1.807, 2.05) is 13.8 Å². The van der Waals surface area contributed by atoms with Gasteiger partial charge in [0, 0.05) is 24.9 Å². The fourth-order valence-corrected chi connectivity index (χ4v) is 1.25. The topological polar surface area (TPSA) is 49.3 Å². The maximum absolute atomic E-state index is 11.2. The molecule has 0 aromatic rings. The summed E-state index contributed by atoms with van der Waals surface area (Å²) in [6, 6.07) is 0.0562. The molecule has 1 atom stereocenters. The van der Waals surface area contributed by atoms with Gasteiger partial charge in [0.25, 0.3) is 0 Å². The molecule has 0 fully saturated rings. The monoisotopic (exact) mass is 207 g/mol. The second kappa shape index (κ2) is 7.15. The van der Waals surface area contributed by atoms with Crippen LogP contribution in [0.5, 0.6) is 0 Å². The molecule has 0 aliphatic heterocycles. The van der Waals surface area contributed by atoms with E-state index < -0.39 is 0 Å². The third kappa shape index (κ3) is 5.88. The van der Waals surface area contributed by atoms with Crippen molar-refractivity contribution in [3.63, 3.8) is 0 Å². The average molecular weight is 208 g/mol. The first-order valence-corrected chi connectivity index (χ1v) is 5.11. The van der Waals surface area contributed by atoms with E-state index in [-0.39, 0.29) is 18.6 Å². The van der Waals surface area contributed by atoms with E-state index in [4.69, 9.17) is 16.7 Å². The van der Waals surface area contributed by atoms with E-state index in [2.05, 4.69) is 5.32 Å². The molecule has 0 rings (SSSR count). The Kier molecular flexibility index (Phi) is 7.00. The zero-order valence-corrected chi connectivity index (χ0v) is 8.97. The van der Waals surface area contributed by atoms with Gasteiger partial charge in [-0.15, -0.1) is 11.6 Å². The van der Waals surface area contributed by atoms with Crippen molar-refractivity contribution < 1.29 is 9.90 Å². The number of amides is 1. The molecule has 0 saturated heterocycles. The van der Waals surface area contributed by atoms with Crippen molar-refractivity contribution in [1.29, 1.82) is 0 Å². The molecule has 2 N–H and O–H groups in total. The van der Waals surface area contributed by atoms with E-state index in [9.17, 15) is 4.79 Å². The summed E-state index contributed by atoms with van der Waals surface area (Å²) in [5, 5.41) is 11.6. The minimum atomic E-state index is -0.0397. The third-order valence-corrected chi connectivity index (χ3v) is 2.10. The normalized spacial score (nSPS) is 13.0. The standard InChI is InChI=1S/C9H18ClNO2/c1-7(2)8(4-6-12)11-9(13)3-5-10/h7-8,12H,3-6H2,1-2H3,(H,11,13). The number of aliphatic hydroxyl groups is 1. The zero-order valence-electron chi connectivity index (χ0n) is 8.22. The molecule has 0 heterocycles. The van der Waals surface area contributed by atoms with Gasteiger partial charge in [0.05, 0.1) is 0 Å². The van der Waals surface area contributed by atoms with E-state index in [1.54, 1.807) is 0 Å². The minimum absolute atomic E-state index is 0.0397. The molecule has 1 amide bonds. The molecule has 0 saturated carbocycles. The second-order valence-corrected chi connectivity index (χ2v) is 3.75. The first kappa shape index (κ1) is 12.7. The highest BCUT2D eigenvalue weighted by molar-refractivity contribution is 6.18. The van der Waals surface area contributed by atoms with Crippen LogP contribution in [0, 0.1) is 5.92 Å². The Hall–Kier alpha value is -0.280. The quantitative estimate of drug-likeness (QED) is 0.642. The van der Waals surface area contributed by atoms with E-state index in [1.165, 1.54) is 0 Å². The van der Waals surface area contributed by atoms with Gasteiger partial charge in [-0.25, -0.2) is 0 Å². The predicted octanol–water partition coefficient (Wildman–Crippen LogP) is 1.14. The molecule has 0 radical (unpaired) electrons. The molecule has 0 aliphatic carbocycles. The van der Waals surface area contributed by atoms with Crippen LogP contribution in [-0.2, 0) is 4.79 Å². The molecule has 3 nitrogen and oxygen atoms in total. The Morgan fingerprint density at radius 3 is 2.54 bits per heavy atom. The van der Waals surface area contributed by atoms with Crippen molar-refractivity contribution in [3.8, 4) is 0 Å². The predicted molar refractivity (Wildman–Crippen MR) is 53.8 cm³/mol. The van der Waals surface area contributed by atoms with Gasteiger partial charge < -0.3 is 10.4 Å². The second-order valence-electron chi connectivity index (χ2n) is 3.37. The Balaban J connectivity index is 3.86. The van der Waals surface area contributed by atoms with Crippen LogP contribution in [0.15, 0.2) is 0 Å². The Bertz CT molecular complexity index is 151. The first-order valence-electron chi connectivity index (χ1n) is 4.58. The fourth-order valence-electron chi connectivity index (χ4n) is 1.08. The summed E-state index contributed by atoms with van der Waals surface area (Å²) in [6.45, 7) is 4.13. The molecule has 0 aromatic carbocycles. The Morgan fingerprint density at radius 1 is 1.54 bits per heavy atom. The summed E-state index contributed by atoms with van der Waals surface area (Å²) < 4.78 is 0. The van der Waals surface area contributed by atoms with Crippen LogP contribution in [-0.4, -0.2) is 29.5 Å². The number of carbonyl (C=O) groups is 1. The van der Waals surface area contributed by atoms with Crippen molar-refractivity contribution in [2.45, 2.75) is 32.7 Å². The lowest BCUT2D eigenvalue weighted by molar-refractivity contribution is -0.121. The Morgan fingerprint density at radius 2 is 2.15 bits per heavy atom. The van der Waals surface area contributed by atoms with Crippen LogP contribution in [0.3, 0.4) is 0 Å². The molecule has 4 heteroatoms. The van der Waals surface area contributed by atoms with Crippen molar-refractivity contribution in [1.82, 2.24) is 5.32 Å². The highest BCUT2D eigenvalue weighted by Crippen LogP contribution is 2.05. The molecule has 1 unspecified atom stereocenters. The number of hydrogen-bond acceptors (Lipinski definition) is 2. The van der Waals surface area contributed by atoms with Crippen molar-refractivity contribution in [3.05, 3.63) is 0 Å². The van der Waals surface area contributed by atoms with Gasteiger partial charge in [0.2, 0.25) is 5.91 Å². The fraction of sp³-hybridized carbons (Fsp3) is 0.889. The summed E-state index contributed by atoms with van der Waals surface area (Å²) in [6.07, 6.45) is 0.946. The number of nitrogens with one attached hydrogen (secondary N) is 1. The highest BCUT2D eigenvalue weighted by atomic mass is 35.5.